The van der Waals surface area contributed by atoms with Gasteiger partial charge in [-0.2, -0.15) is 0 Å². The number of esters is 2. The van der Waals surface area contributed by atoms with Gasteiger partial charge in [0, 0.05) is 26.1 Å². The van der Waals surface area contributed by atoms with Crippen LogP contribution in [0, 0.1) is 0 Å². The van der Waals surface area contributed by atoms with Gasteiger partial charge in [-0.3, -0.25) is 23.9 Å². The number of H-pyrrole nitrogens is 1. The standard InChI is InChI=1S/C41H44N2O9Si/c1-28(44)49-26-41(27-50-53(40(3,4)5,32-18-8-6-9-19-32)33-20-10-7-11-21-33)37(48-25-31-17-14-16-30-15-12-13-22-34(30)31)36(51-29(2)45)38(52-41)43-24-23-35(46)42-39(43)47/h6-24,36-38H,25-27H2,1-5H3,(H,42,46,47)/t36?,37?,38-,41-/m0/s1. The van der Waals surface area contributed by atoms with Gasteiger partial charge >= 0.3 is 17.6 Å². The van der Waals surface area contributed by atoms with Crippen LogP contribution in [0.3, 0.4) is 0 Å². The van der Waals surface area contributed by atoms with Crippen LogP contribution in [0.5, 0.6) is 0 Å². The van der Waals surface area contributed by atoms with Crippen LogP contribution in [0.1, 0.15) is 46.4 Å². The summed E-state index contributed by atoms with van der Waals surface area (Å²) < 4.78 is 33.9. The average Bonchev–Trinajstić information content (AvgIpc) is 3.42. The predicted molar refractivity (Wildman–Crippen MR) is 202 cm³/mol. The van der Waals surface area contributed by atoms with Crippen molar-refractivity contribution in [2.75, 3.05) is 13.2 Å². The quantitative estimate of drug-likeness (QED) is 0.144. The maximum Gasteiger partial charge on any atom is 0.330 e. The van der Waals surface area contributed by atoms with E-state index in [1.807, 2.05) is 78.9 Å². The molecule has 0 spiro atoms. The molecule has 0 saturated carbocycles. The number of nitrogens with one attached hydrogen (secondary N) is 1. The molecule has 5 aromatic rings. The lowest BCUT2D eigenvalue weighted by Gasteiger charge is -2.45. The van der Waals surface area contributed by atoms with Crippen LogP contribution in [0.4, 0.5) is 0 Å². The lowest BCUT2D eigenvalue weighted by Crippen LogP contribution is -2.68. The number of fused-ring (bicyclic) bond motifs is 1. The van der Waals surface area contributed by atoms with Crippen molar-refractivity contribution < 1.29 is 33.0 Å². The largest absolute Gasteiger partial charge is 0.463 e. The van der Waals surface area contributed by atoms with E-state index < -0.39 is 60.6 Å². The zero-order valence-corrected chi connectivity index (χ0v) is 31.4. The molecule has 1 fully saturated rings. The molecule has 1 aromatic heterocycles. The molecule has 1 aliphatic heterocycles. The van der Waals surface area contributed by atoms with Crippen LogP contribution in [0.15, 0.2) is 125 Å². The second-order valence-corrected chi connectivity index (χ2v) is 18.6. The van der Waals surface area contributed by atoms with Gasteiger partial charge in [0.1, 0.15) is 12.7 Å². The number of aromatic nitrogens is 2. The van der Waals surface area contributed by atoms with E-state index in [1.54, 1.807) is 0 Å². The highest BCUT2D eigenvalue weighted by Crippen LogP contribution is 2.44. The van der Waals surface area contributed by atoms with Crippen LogP contribution < -0.4 is 21.6 Å². The number of hydrogen-bond acceptors (Lipinski definition) is 9. The summed E-state index contributed by atoms with van der Waals surface area (Å²) in [5.74, 6) is -1.24. The summed E-state index contributed by atoms with van der Waals surface area (Å²) in [5.41, 5.74) is -2.19. The minimum absolute atomic E-state index is 0.0431. The fourth-order valence-electron chi connectivity index (χ4n) is 7.31. The molecular formula is C41H44N2O9Si. The Balaban J connectivity index is 1.53. The summed E-state index contributed by atoms with van der Waals surface area (Å²) in [7, 11) is -3.25. The molecule has 1 aliphatic rings. The minimum Gasteiger partial charge on any atom is -0.463 e. The molecule has 11 nitrogen and oxygen atoms in total. The van der Waals surface area contributed by atoms with E-state index in [2.05, 4.69) is 50.0 Å². The summed E-state index contributed by atoms with van der Waals surface area (Å²) >= 11 is 0. The normalized spacial score (nSPS) is 20.3. The molecule has 2 unspecified atom stereocenters. The Morgan fingerprint density at radius 3 is 2.04 bits per heavy atom. The van der Waals surface area contributed by atoms with E-state index in [1.165, 1.54) is 26.1 Å². The van der Waals surface area contributed by atoms with E-state index in [-0.39, 0.29) is 19.8 Å². The molecule has 0 aliphatic carbocycles. The van der Waals surface area contributed by atoms with Gasteiger partial charge in [-0.1, -0.05) is 124 Å². The van der Waals surface area contributed by atoms with Crippen molar-refractivity contribution in [3.8, 4) is 0 Å². The summed E-state index contributed by atoms with van der Waals surface area (Å²) in [6, 6.07) is 34.9. The van der Waals surface area contributed by atoms with Crippen molar-refractivity contribution >= 4 is 41.4 Å². The fourth-order valence-corrected chi connectivity index (χ4v) is 11.9. The SMILES string of the molecule is CC(=O)OC[C@@]1(CO[Si](c2ccccc2)(c2ccccc2)C(C)(C)C)O[C@H](n2ccc(=O)[nH]c2=O)C(OC(C)=O)C1OCc1cccc2ccccc12. The zero-order valence-electron chi connectivity index (χ0n) is 30.4. The third-order valence-electron chi connectivity index (χ3n) is 9.65. The van der Waals surface area contributed by atoms with E-state index in [0.717, 1.165) is 31.3 Å². The zero-order chi connectivity index (χ0) is 37.8. The summed E-state index contributed by atoms with van der Waals surface area (Å²) in [5, 5.41) is 3.52. The molecule has 0 amide bonds. The third kappa shape index (κ3) is 7.67. The highest BCUT2D eigenvalue weighted by Gasteiger charge is 2.62. The lowest BCUT2D eigenvalue weighted by atomic mass is 9.96. The number of aromatic amines is 1. The van der Waals surface area contributed by atoms with E-state index in [4.69, 9.17) is 23.4 Å². The van der Waals surface area contributed by atoms with Crippen LogP contribution in [0.2, 0.25) is 5.04 Å². The van der Waals surface area contributed by atoms with Gasteiger partial charge in [-0.05, 0) is 31.7 Å². The summed E-state index contributed by atoms with van der Waals surface area (Å²) in [6.07, 6.45) is -2.43. The van der Waals surface area contributed by atoms with Crippen LogP contribution in [-0.4, -0.2) is 60.8 Å². The van der Waals surface area contributed by atoms with Gasteiger partial charge < -0.3 is 23.4 Å². The average molecular weight is 737 g/mol. The number of rotatable bonds is 12. The third-order valence-corrected chi connectivity index (χ3v) is 14.6. The molecular weight excluding hydrogens is 693 g/mol. The van der Waals surface area contributed by atoms with Crippen LogP contribution in [0.25, 0.3) is 10.8 Å². The second kappa shape index (κ2) is 15.5. The van der Waals surface area contributed by atoms with Crippen molar-refractivity contribution in [3.05, 3.63) is 142 Å². The van der Waals surface area contributed by atoms with Gasteiger partial charge in [-0.25, -0.2) is 4.79 Å². The molecule has 12 heteroatoms. The van der Waals surface area contributed by atoms with Crippen LogP contribution >= 0.6 is 0 Å². The Bertz CT molecular complexity index is 2140. The Labute approximate surface area is 308 Å². The minimum atomic E-state index is -3.25. The van der Waals surface area contributed by atoms with Gasteiger partial charge in [0.2, 0.25) is 0 Å². The molecule has 276 valence electrons. The molecule has 2 heterocycles. The number of nitrogens with zero attached hydrogens (tertiary/aromatic N) is 1. The Morgan fingerprint density at radius 2 is 1.43 bits per heavy atom. The molecule has 0 bridgehead atoms. The van der Waals surface area contributed by atoms with E-state index in [0.29, 0.717) is 0 Å². The predicted octanol–water partition coefficient (Wildman–Crippen LogP) is 4.61. The molecule has 6 rings (SSSR count). The van der Waals surface area contributed by atoms with Gasteiger partial charge in [0.05, 0.1) is 13.2 Å². The number of carbonyl (C=O) groups is 2. The van der Waals surface area contributed by atoms with E-state index >= 15 is 0 Å². The van der Waals surface area contributed by atoms with Crippen molar-refractivity contribution in [2.45, 2.75) is 70.3 Å². The first kappa shape index (κ1) is 37.6. The number of carbonyl (C=O) groups excluding carboxylic acids is 2. The molecule has 1 N–H and O–H groups in total. The number of benzene rings is 4. The smallest absolute Gasteiger partial charge is 0.330 e. The van der Waals surface area contributed by atoms with Crippen molar-refractivity contribution in [3.63, 3.8) is 0 Å². The van der Waals surface area contributed by atoms with Crippen molar-refractivity contribution in [1.29, 1.82) is 0 Å². The fraction of sp³-hybridized carbons (Fsp3) is 0.317. The van der Waals surface area contributed by atoms with Gasteiger partial charge in [0.25, 0.3) is 13.9 Å². The maximum atomic E-state index is 13.3. The van der Waals surface area contributed by atoms with Crippen LogP contribution in [-0.2, 0) is 39.6 Å². The first-order valence-corrected chi connectivity index (χ1v) is 19.4. The Morgan fingerprint density at radius 1 is 0.811 bits per heavy atom. The molecule has 1 saturated heterocycles. The Kier molecular flexibility index (Phi) is 11.0. The monoisotopic (exact) mass is 736 g/mol. The number of hydrogen-bond donors (Lipinski definition) is 1. The Hall–Kier alpha value is -5.14. The first-order chi connectivity index (χ1) is 25.3. The summed E-state index contributed by atoms with van der Waals surface area (Å²) in [6.45, 7) is 8.41. The number of ether oxygens (including phenoxy) is 4. The molecule has 53 heavy (non-hydrogen) atoms. The van der Waals surface area contributed by atoms with E-state index in [9.17, 15) is 19.2 Å². The molecule has 4 atom stereocenters. The van der Waals surface area contributed by atoms with Crippen molar-refractivity contribution in [2.24, 2.45) is 0 Å². The van der Waals surface area contributed by atoms with Gasteiger partial charge in [0.15, 0.2) is 17.9 Å². The molecule has 0 radical (unpaired) electrons. The maximum absolute atomic E-state index is 13.3. The second-order valence-electron chi connectivity index (χ2n) is 14.3. The van der Waals surface area contributed by atoms with Gasteiger partial charge in [-0.15, -0.1) is 0 Å². The first-order valence-electron chi connectivity index (χ1n) is 17.5. The summed E-state index contributed by atoms with van der Waals surface area (Å²) in [4.78, 5) is 53.1. The lowest BCUT2D eigenvalue weighted by molar-refractivity contribution is -0.180. The van der Waals surface area contributed by atoms with Crippen molar-refractivity contribution in [1.82, 2.24) is 9.55 Å². The topological polar surface area (TPSA) is 135 Å². The molecule has 4 aromatic carbocycles. The highest BCUT2D eigenvalue weighted by molar-refractivity contribution is 6.99. The highest BCUT2D eigenvalue weighted by atomic mass is 28.4.